The highest BCUT2D eigenvalue weighted by Gasteiger charge is 2.58. The SMILES string of the molecule is C=CC[C@@]1(C(=O)N2CC[C@H](O)C2)CC(=O)N(Cc2ccc(Cl)c(F)c2)[C@H]1c1c[nH]c2cc(Cl)ccc12. The summed E-state index contributed by atoms with van der Waals surface area (Å²) < 4.78 is 14.3. The Bertz CT molecular complexity index is 1360. The number of nitrogens with one attached hydrogen (secondary N) is 1. The normalized spacial score (nSPS) is 24.2. The largest absolute Gasteiger partial charge is 0.391 e. The number of aromatic nitrogens is 1. The Labute approximate surface area is 218 Å². The fraction of sp³-hybridized carbons (Fsp3) is 0.333. The van der Waals surface area contributed by atoms with E-state index >= 15 is 0 Å². The zero-order chi connectivity index (χ0) is 25.6. The number of aromatic amines is 1. The standard InChI is InChI=1S/C27H26Cl2FN3O3/c1-2-8-27(26(36)32-9-7-18(34)15-32)12-24(35)33(14-16-3-6-21(29)22(30)10-16)25(27)20-13-31-23-11-17(28)4-5-19(20)23/h2-6,10-11,13,18,25,31,34H,1,7-9,12,14-15H2/t18-,25-,27+/m0/s1. The van der Waals surface area contributed by atoms with Crippen LogP contribution >= 0.6 is 23.2 Å². The van der Waals surface area contributed by atoms with Gasteiger partial charge in [0.25, 0.3) is 0 Å². The van der Waals surface area contributed by atoms with Crippen LogP contribution in [-0.4, -0.2) is 50.9 Å². The van der Waals surface area contributed by atoms with Crippen molar-refractivity contribution in [2.24, 2.45) is 5.41 Å². The molecular weight excluding hydrogens is 504 g/mol. The average Bonchev–Trinajstić information content (AvgIpc) is 3.52. The maximum atomic E-state index is 14.3. The maximum Gasteiger partial charge on any atom is 0.232 e. The van der Waals surface area contributed by atoms with Gasteiger partial charge < -0.3 is 19.9 Å². The molecule has 3 heterocycles. The van der Waals surface area contributed by atoms with Crippen molar-refractivity contribution >= 4 is 45.9 Å². The number of hydrogen-bond acceptors (Lipinski definition) is 3. The Kier molecular flexibility index (Phi) is 6.57. The molecule has 1 aromatic heterocycles. The third-order valence-electron chi connectivity index (χ3n) is 7.31. The molecule has 2 fully saturated rings. The summed E-state index contributed by atoms with van der Waals surface area (Å²) in [4.78, 5) is 34.3. The number of likely N-dealkylation sites (tertiary alicyclic amines) is 2. The number of β-amino-alcohol motifs (C(OH)–C–C–N with tert-alkyl or cyclic N) is 1. The van der Waals surface area contributed by atoms with Crippen molar-refractivity contribution in [2.45, 2.75) is 38.0 Å². The molecule has 2 N–H and O–H groups in total. The van der Waals surface area contributed by atoms with Crippen LogP contribution in [0.3, 0.4) is 0 Å². The van der Waals surface area contributed by atoms with E-state index in [1.807, 2.05) is 12.3 Å². The van der Waals surface area contributed by atoms with Crippen LogP contribution in [0.15, 0.2) is 55.3 Å². The number of nitrogens with zero attached hydrogens (tertiary/aromatic N) is 2. The molecule has 2 saturated heterocycles. The number of rotatable bonds is 6. The highest BCUT2D eigenvalue weighted by atomic mass is 35.5. The van der Waals surface area contributed by atoms with Crippen molar-refractivity contribution in [3.63, 3.8) is 0 Å². The lowest BCUT2D eigenvalue weighted by Crippen LogP contribution is -2.46. The van der Waals surface area contributed by atoms with E-state index in [0.717, 1.165) is 16.5 Å². The van der Waals surface area contributed by atoms with Gasteiger partial charge in [-0.15, -0.1) is 6.58 Å². The lowest BCUT2D eigenvalue weighted by Gasteiger charge is -2.38. The predicted octanol–water partition coefficient (Wildman–Crippen LogP) is 5.24. The first-order valence-electron chi connectivity index (χ1n) is 11.8. The summed E-state index contributed by atoms with van der Waals surface area (Å²) in [6, 6.07) is 9.24. The molecule has 0 radical (unpaired) electrons. The van der Waals surface area contributed by atoms with E-state index in [-0.39, 0.29) is 42.8 Å². The van der Waals surface area contributed by atoms with Gasteiger partial charge in [0.15, 0.2) is 0 Å². The van der Waals surface area contributed by atoms with E-state index in [0.29, 0.717) is 23.6 Å². The van der Waals surface area contributed by atoms with Crippen molar-refractivity contribution in [3.8, 4) is 0 Å². The molecule has 3 aromatic rings. The number of aliphatic hydroxyl groups excluding tert-OH is 1. The van der Waals surface area contributed by atoms with Crippen LogP contribution in [0.4, 0.5) is 4.39 Å². The first-order chi connectivity index (χ1) is 17.2. The van der Waals surface area contributed by atoms with E-state index in [9.17, 15) is 19.1 Å². The summed E-state index contributed by atoms with van der Waals surface area (Å²) in [7, 11) is 0. The third kappa shape index (κ3) is 4.19. The minimum atomic E-state index is -1.14. The van der Waals surface area contributed by atoms with Gasteiger partial charge in [-0.25, -0.2) is 4.39 Å². The molecule has 0 saturated carbocycles. The van der Waals surface area contributed by atoms with Crippen LogP contribution in [0.2, 0.25) is 10.0 Å². The van der Waals surface area contributed by atoms with Crippen molar-refractivity contribution in [1.29, 1.82) is 0 Å². The Morgan fingerprint density at radius 3 is 2.78 bits per heavy atom. The van der Waals surface area contributed by atoms with Crippen molar-refractivity contribution in [2.75, 3.05) is 13.1 Å². The topological polar surface area (TPSA) is 76.6 Å². The number of fused-ring (bicyclic) bond motifs is 1. The summed E-state index contributed by atoms with van der Waals surface area (Å²) in [6.07, 6.45) is 3.62. The number of carbonyl (C=O) groups excluding carboxylic acids is 2. The van der Waals surface area contributed by atoms with Crippen LogP contribution in [0.25, 0.3) is 10.9 Å². The number of halogens is 3. The van der Waals surface area contributed by atoms with E-state index < -0.39 is 23.4 Å². The number of amides is 2. The minimum absolute atomic E-state index is 0.000304. The molecule has 0 unspecified atom stereocenters. The second-order valence-electron chi connectivity index (χ2n) is 9.63. The molecule has 2 aromatic carbocycles. The van der Waals surface area contributed by atoms with E-state index in [1.54, 1.807) is 34.1 Å². The van der Waals surface area contributed by atoms with Crippen LogP contribution in [0.5, 0.6) is 0 Å². The third-order valence-corrected chi connectivity index (χ3v) is 7.86. The molecule has 0 spiro atoms. The van der Waals surface area contributed by atoms with Gasteiger partial charge in [0.1, 0.15) is 5.82 Å². The first kappa shape index (κ1) is 24.8. The van der Waals surface area contributed by atoms with Crippen LogP contribution in [0, 0.1) is 11.2 Å². The van der Waals surface area contributed by atoms with Crippen molar-refractivity contribution in [3.05, 3.63) is 82.2 Å². The zero-order valence-corrected chi connectivity index (χ0v) is 21.0. The van der Waals surface area contributed by atoms with Crippen molar-refractivity contribution < 1.29 is 19.1 Å². The second kappa shape index (κ2) is 9.54. The van der Waals surface area contributed by atoms with Gasteiger partial charge >= 0.3 is 0 Å². The summed E-state index contributed by atoms with van der Waals surface area (Å²) >= 11 is 12.1. The lowest BCUT2D eigenvalue weighted by atomic mass is 9.73. The first-order valence-corrected chi connectivity index (χ1v) is 12.6. The maximum absolute atomic E-state index is 14.3. The Hall–Kier alpha value is -2.87. The monoisotopic (exact) mass is 529 g/mol. The fourth-order valence-electron chi connectivity index (χ4n) is 5.70. The molecule has 5 rings (SSSR count). The predicted molar refractivity (Wildman–Crippen MR) is 137 cm³/mol. The lowest BCUT2D eigenvalue weighted by molar-refractivity contribution is -0.143. The van der Waals surface area contributed by atoms with Crippen LogP contribution in [0.1, 0.15) is 36.4 Å². The van der Waals surface area contributed by atoms with Gasteiger partial charge in [0, 0.05) is 53.7 Å². The highest BCUT2D eigenvalue weighted by molar-refractivity contribution is 6.31. The zero-order valence-electron chi connectivity index (χ0n) is 19.5. The number of H-pyrrole nitrogens is 1. The van der Waals surface area contributed by atoms with E-state index in [1.165, 1.54) is 12.1 Å². The van der Waals surface area contributed by atoms with Gasteiger partial charge in [-0.3, -0.25) is 9.59 Å². The summed E-state index contributed by atoms with van der Waals surface area (Å²) in [5, 5.41) is 11.5. The van der Waals surface area contributed by atoms with Gasteiger partial charge in [0.05, 0.1) is 22.6 Å². The molecule has 0 bridgehead atoms. The number of hydrogen-bond donors (Lipinski definition) is 2. The summed E-state index contributed by atoms with van der Waals surface area (Å²) in [5.74, 6) is -0.974. The van der Waals surface area contributed by atoms with Crippen LogP contribution in [-0.2, 0) is 16.1 Å². The van der Waals surface area contributed by atoms with E-state index in [2.05, 4.69) is 11.6 Å². The number of carbonyl (C=O) groups is 2. The van der Waals surface area contributed by atoms with Gasteiger partial charge in [-0.05, 0) is 42.7 Å². The number of allylic oxidation sites excluding steroid dienone is 1. The quantitative estimate of drug-likeness (QED) is 0.428. The molecule has 2 amide bonds. The van der Waals surface area contributed by atoms with E-state index in [4.69, 9.17) is 23.2 Å². The molecule has 0 aliphatic carbocycles. The molecular formula is C27H26Cl2FN3O3. The Balaban J connectivity index is 1.66. The second-order valence-corrected chi connectivity index (χ2v) is 10.5. The van der Waals surface area contributed by atoms with Crippen molar-refractivity contribution in [1.82, 2.24) is 14.8 Å². The number of benzene rings is 2. The molecule has 2 aliphatic rings. The van der Waals surface area contributed by atoms with Crippen LogP contribution < -0.4 is 0 Å². The average molecular weight is 530 g/mol. The summed E-state index contributed by atoms with van der Waals surface area (Å²) in [6.45, 7) is 4.65. The molecule has 6 nitrogen and oxygen atoms in total. The molecule has 2 aliphatic heterocycles. The smallest absolute Gasteiger partial charge is 0.232 e. The number of aliphatic hydroxyl groups is 1. The molecule has 188 valence electrons. The summed E-state index contributed by atoms with van der Waals surface area (Å²) in [5.41, 5.74) is 0.988. The minimum Gasteiger partial charge on any atom is -0.391 e. The van der Waals surface area contributed by atoms with Gasteiger partial charge in [-0.2, -0.15) is 0 Å². The van der Waals surface area contributed by atoms with Gasteiger partial charge in [0.2, 0.25) is 11.8 Å². The molecule has 36 heavy (non-hydrogen) atoms. The molecule has 3 atom stereocenters. The fourth-order valence-corrected chi connectivity index (χ4v) is 5.99. The Morgan fingerprint density at radius 2 is 2.08 bits per heavy atom. The highest BCUT2D eigenvalue weighted by Crippen LogP contribution is 2.54. The van der Waals surface area contributed by atoms with Gasteiger partial charge in [-0.1, -0.05) is 41.4 Å². The Morgan fingerprint density at radius 1 is 1.28 bits per heavy atom. The molecule has 9 heteroatoms.